The number of rotatable bonds is 42. The number of aliphatic hydroxyl groups excluding tert-OH is 2. The Hall–Kier alpha value is -1.40. The van der Waals surface area contributed by atoms with Crippen LogP contribution in [-0.2, 0) is 14.3 Å². The van der Waals surface area contributed by atoms with E-state index in [0.717, 1.165) is 70.6 Å². The molecule has 0 aliphatic heterocycles. The van der Waals surface area contributed by atoms with Crippen LogP contribution in [0.25, 0.3) is 0 Å². The van der Waals surface area contributed by atoms with Crippen molar-refractivity contribution in [3.05, 3.63) is 12.2 Å². The van der Waals surface area contributed by atoms with Gasteiger partial charge in [0.05, 0.1) is 25.4 Å². The van der Waals surface area contributed by atoms with Crippen molar-refractivity contribution in [1.29, 1.82) is 0 Å². The number of aliphatic hydroxyl groups is 2. The lowest BCUT2D eigenvalue weighted by Crippen LogP contribution is -2.45. The number of allylic oxidation sites excluding steroid dienone is 2. The molecular formula is C46H89NO5. The summed E-state index contributed by atoms with van der Waals surface area (Å²) in [6.45, 7) is 4.84. The number of hydrogen-bond donors (Lipinski definition) is 3. The van der Waals surface area contributed by atoms with Crippen LogP contribution in [0.15, 0.2) is 12.2 Å². The summed E-state index contributed by atoms with van der Waals surface area (Å²) >= 11 is 0. The predicted octanol–water partition coefficient (Wildman–Crippen LogP) is 13.0. The molecular weight excluding hydrogens is 647 g/mol. The summed E-state index contributed by atoms with van der Waals surface area (Å²) in [5.41, 5.74) is 0. The van der Waals surface area contributed by atoms with Gasteiger partial charge in [0.25, 0.3) is 0 Å². The van der Waals surface area contributed by atoms with Gasteiger partial charge in [0, 0.05) is 12.8 Å². The zero-order valence-corrected chi connectivity index (χ0v) is 34.8. The molecule has 0 bridgehead atoms. The van der Waals surface area contributed by atoms with Gasteiger partial charge in [0.1, 0.15) is 0 Å². The first-order valence-electron chi connectivity index (χ1n) is 22.9. The van der Waals surface area contributed by atoms with Crippen LogP contribution >= 0.6 is 0 Å². The number of ether oxygens (including phenoxy) is 1. The van der Waals surface area contributed by atoms with Crippen LogP contribution in [0, 0.1) is 0 Å². The SMILES string of the molecule is CCCCCCCCCCCCCCCCCCCC(=O)OCCCCCC/C=C\CCCC(=O)NC(CO)C(O)CCCCCCCCCCC. The molecule has 0 fully saturated rings. The van der Waals surface area contributed by atoms with E-state index in [2.05, 4.69) is 31.3 Å². The fourth-order valence-corrected chi connectivity index (χ4v) is 6.99. The van der Waals surface area contributed by atoms with Crippen molar-refractivity contribution in [1.82, 2.24) is 5.32 Å². The summed E-state index contributed by atoms with van der Waals surface area (Å²) in [4.78, 5) is 24.4. The van der Waals surface area contributed by atoms with E-state index in [1.165, 1.54) is 141 Å². The average molecular weight is 736 g/mol. The number of carbonyl (C=O) groups is 2. The minimum atomic E-state index is -0.691. The van der Waals surface area contributed by atoms with E-state index < -0.39 is 12.1 Å². The van der Waals surface area contributed by atoms with Crippen LogP contribution in [-0.4, -0.2) is 47.4 Å². The van der Waals surface area contributed by atoms with Gasteiger partial charge in [0.2, 0.25) is 5.91 Å². The second kappa shape index (κ2) is 42.3. The van der Waals surface area contributed by atoms with Crippen molar-refractivity contribution < 1.29 is 24.5 Å². The van der Waals surface area contributed by atoms with Gasteiger partial charge in [-0.15, -0.1) is 0 Å². The zero-order valence-electron chi connectivity index (χ0n) is 34.8. The van der Waals surface area contributed by atoms with Crippen molar-refractivity contribution in [2.24, 2.45) is 0 Å². The minimum absolute atomic E-state index is 0.0327. The van der Waals surface area contributed by atoms with Crippen LogP contribution < -0.4 is 5.32 Å². The molecule has 3 N–H and O–H groups in total. The molecule has 1 amide bonds. The Bertz CT molecular complexity index is 772. The molecule has 0 saturated carbocycles. The first kappa shape index (κ1) is 50.6. The lowest BCUT2D eigenvalue weighted by Gasteiger charge is -2.22. The zero-order chi connectivity index (χ0) is 38.0. The molecule has 2 atom stereocenters. The molecule has 0 aromatic carbocycles. The van der Waals surface area contributed by atoms with E-state index >= 15 is 0 Å². The molecule has 0 aliphatic rings. The molecule has 0 aliphatic carbocycles. The molecule has 308 valence electrons. The molecule has 6 nitrogen and oxygen atoms in total. The first-order valence-corrected chi connectivity index (χ1v) is 22.9. The summed E-state index contributed by atoms with van der Waals surface area (Å²) in [6, 6.07) is -0.575. The standard InChI is InChI=1S/C46H89NO5/c1-3-5-7-9-11-13-14-15-16-17-18-19-20-24-28-32-36-40-46(51)52-41-37-33-29-25-21-23-27-31-35-39-45(50)47-43(42-48)44(49)38-34-30-26-22-12-10-8-6-4-2/h23,27,43-44,48-49H,3-22,24-26,28-42H2,1-2H3,(H,47,50)/b27-23-. The Kier molecular flexibility index (Phi) is 41.2. The fourth-order valence-electron chi connectivity index (χ4n) is 6.99. The summed E-state index contributed by atoms with van der Waals surface area (Å²) in [5.74, 6) is -0.130. The summed E-state index contributed by atoms with van der Waals surface area (Å²) in [7, 11) is 0. The maximum Gasteiger partial charge on any atom is 0.305 e. The maximum absolute atomic E-state index is 12.3. The highest BCUT2D eigenvalue weighted by molar-refractivity contribution is 5.76. The third kappa shape index (κ3) is 38.3. The van der Waals surface area contributed by atoms with Gasteiger partial charge in [-0.3, -0.25) is 9.59 Å². The quantitative estimate of drug-likeness (QED) is 0.0329. The van der Waals surface area contributed by atoms with E-state index in [1.807, 2.05) is 0 Å². The highest BCUT2D eigenvalue weighted by Gasteiger charge is 2.19. The Morgan fingerprint density at radius 2 is 0.923 bits per heavy atom. The normalized spacial score (nSPS) is 12.8. The lowest BCUT2D eigenvalue weighted by molar-refractivity contribution is -0.143. The second-order valence-electron chi connectivity index (χ2n) is 15.7. The third-order valence-electron chi connectivity index (χ3n) is 10.6. The van der Waals surface area contributed by atoms with Gasteiger partial charge in [-0.25, -0.2) is 0 Å². The van der Waals surface area contributed by atoms with Gasteiger partial charge in [0.15, 0.2) is 0 Å². The number of amides is 1. The van der Waals surface area contributed by atoms with Crippen molar-refractivity contribution in [3.63, 3.8) is 0 Å². The Morgan fingerprint density at radius 1 is 0.519 bits per heavy atom. The molecule has 0 spiro atoms. The van der Waals surface area contributed by atoms with Crippen molar-refractivity contribution >= 4 is 11.9 Å². The van der Waals surface area contributed by atoms with E-state index in [9.17, 15) is 19.8 Å². The number of unbranched alkanes of at least 4 members (excludes halogenated alkanes) is 29. The molecule has 0 rings (SSSR count). The molecule has 0 aromatic heterocycles. The van der Waals surface area contributed by atoms with E-state index in [1.54, 1.807) is 0 Å². The van der Waals surface area contributed by atoms with Crippen LogP contribution in [0.1, 0.15) is 245 Å². The summed E-state index contributed by atoms with van der Waals surface area (Å²) in [5, 5.41) is 23.0. The first-order chi connectivity index (χ1) is 25.5. The van der Waals surface area contributed by atoms with E-state index in [0.29, 0.717) is 25.9 Å². The largest absolute Gasteiger partial charge is 0.466 e. The van der Waals surface area contributed by atoms with Crippen molar-refractivity contribution in [3.8, 4) is 0 Å². The molecule has 6 heteroatoms. The predicted molar refractivity (Wildman–Crippen MR) is 223 cm³/mol. The van der Waals surface area contributed by atoms with Crippen molar-refractivity contribution in [2.75, 3.05) is 13.2 Å². The van der Waals surface area contributed by atoms with Crippen LogP contribution in [0.5, 0.6) is 0 Å². The smallest absolute Gasteiger partial charge is 0.305 e. The third-order valence-corrected chi connectivity index (χ3v) is 10.6. The number of carbonyl (C=O) groups excluding carboxylic acids is 2. The number of esters is 1. The minimum Gasteiger partial charge on any atom is -0.466 e. The fraction of sp³-hybridized carbons (Fsp3) is 0.913. The second-order valence-corrected chi connectivity index (χ2v) is 15.7. The van der Waals surface area contributed by atoms with Crippen molar-refractivity contribution in [2.45, 2.75) is 257 Å². The average Bonchev–Trinajstić information content (AvgIpc) is 3.14. The van der Waals surface area contributed by atoms with Gasteiger partial charge < -0.3 is 20.3 Å². The Balaban J connectivity index is 3.49. The van der Waals surface area contributed by atoms with Crippen LogP contribution in [0.3, 0.4) is 0 Å². The summed E-state index contributed by atoms with van der Waals surface area (Å²) in [6.07, 6.45) is 46.1. The Labute approximate surface area is 323 Å². The lowest BCUT2D eigenvalue weighted by atomic mass is 10.0. The van der Waals surface area contributed by atoms with E-state index in [-0.39, 0.29) is 18.5 Å². The molecule has 0 saturated heterocycles. The van der Waals surface area contributed by atoms with Crippen LogP contribution in [0.2, 0.25) is 0 Å². The van der Waals surface area contributed by atoms with E-state index in [4.69, 9.17) is 4.74 Å². The molecule has 0 radical (unpaired) electrons. The van der Waals surface area contributed by atoms with Crippen LogP contribution in [0.4, 0.5) is 0 Å². The molecule has 0 heterocycles. The highest BCUT2D eigenvalue weighted by atomic mass is 16.5. The number of nitrogens with one attached hydrogen (secondary N) is 1. The summed E-state index contributed by atoms with van der Waals surface area (Å²) < 4.78 is 5.44. The highest BCUT2D eigenvalue weighted by Crippen LogP contribution is 2.16. The monoisotopic (exact) mass is 736 g/mol. The van der Waals surface area contributed by atoms with Gasteiger partial charge in [-0.1, -0.05) is 199 Å². The van der Waals surface area contributed by atoms with Gasteiger partial charge in [-0.2, -0.15) is 0 Å². The Morgan fingerprint density at radius 3 is 1.40 bits per heavy atom. The van der Waals surface area contributed by atoms with Gasteiger partial charge in [-0.05, 0) is 44.9 Å². The molecule has 0 aromatic rings. The maximum atomic E-state index is 12.3. The van der Waals surface area contributed by atoms with Gasteiger partial charge >= 0.3 is 5.97 Å². The molecule has 52 heavy (non-hydrogen) atoms. The molecule has 2 unspecified atom stereocenters. The number of hydrogen-bond acceptors (Lipinski definition) is 5. The topological polar surface area (TPSA) is 95.9 Å².